The summed E-state index contributed by atoms with van der Waals surface area (Å²) in [6, 6.07) is 17.3. The fourth-order valence-corrected chi connectivity index (χ4v) is 5.35. The molecule has 0 fully saturated rings. The molecule has 7 nitrogen and oxygen atoms in total. The molecule has 2 N–H and O–H groups in total. The second-order valence-electron chi connectivity index (χ2n) is 8.64. The number of rotatable bonds is 7. The summed E-state index contributed by atoms with van der Waals surface area (Å²) < 4.78 is 1.02. The molecular formula is C27H26N4O3S. The molecule has 0 saturated carbocycles. The molecule has 178 valence electrons. The first kappa shape index (κ1) is 23.0. The number of aromatic carboxylic acids is 1. The van der Waals surface area contributed by atoms with Gasteiger partial charge < -0.3 is 10.0 Å². The summed E-state index contributed by atoms with van der Waals surface area (Å²) >= 11 is 1.45. The number of pyridine rings is 1. The average molecular weight is 487 g/mol. The summed E-state index contributed by atoms with van der Waals surface area (Å²) in [5.41, 5.74) is 4.39. The largest absolute Gasteiger partial charge is 0.477 e. The zero-order valence-electron chi connectivity index (χ0n) is 19.5. The van der Waals surface area contributed by atoms with Crippen LogP contribution in [0.25, 0.3) is 10.2 Å². The Hall–Kier alpha value is -3.78. The Morgan fingerprint density at radius 2 is 1.94 bits per heavy atom. The Kier molecular flexibility index (Phi) is 6.46. The van der Waals surface area contributed by atoms with Crippen LogP contribution in [0.2, 0.25) is 0 Å². The van der Waals surface area contributed by atoms with E-state index >= 15 is 0 Å². The molecule has 2 aromatic heterocycles. The zero-order chi connectivity index (χ0) is 24.4. The Morgan fingerprint density at radius 1 is 1.09 bits per heavy atom. The first-order valence-electron chi connectivity index (χ1n) is 11.8. The van der Waals surface area contributed by atoms with Crippen LogP contribution < -0.4 is 10.2 Å². The Morgan fingerprint density at radius 3 is 2.74 bits per heavy atom. The maximum atomic E-state index is 13.2. The van der Waals surface area contributed by atoms with E-state index in [0.29, 0.717) is 36.0 Å². The van der Waals surface area contributed by atoms with Gasteiger partial charge in [-0.3, -0.25) is 10.1 Å². The minimum Gasteiger partial charge on any atom is -0.477 e. The number of nitrogens with zero attached hydrogens (tertiary/aromatic N) is 3. The highest BCUT2D eigenvalue weighted by Gasteiger charge is 2.24. The van der Waals surface area contributed by atoms with Gasteiger partial charge in [-0.05, 0) is 60.2 Å². The van der Waals surface area contributed by atoms with Gasteiger partial charge in [-0.25, -0.2) is 14.8 Å². The quantitative estimate of drug-likeness (QED) is 0.356. The Bertz CT molecular complexity index is 1380. The van der Waals surface area contributed by atoms with E-state index < -0.39 is 5.97 Å². The van der Waals surface area contributed by atoms with Crippen LogP contribution in [-0.4, -0.2) is 33.5 Å². The SMILES string of the molecule is CCCCc1ccc(N2CCc3cccc(C(=O)Nc4nc5ccccc5s4)c3C2)nc1C(=O)O. The summed E-state index contributed by atoms with van der Waals surface area (Å²) in [6.07, 6.45) is 3.36. The van der Waals surface area contributed by atoms with Crippen molar-refractivity contribution in [2.45, 2.75) is 39.2 Å². The highest BCUT2D eigenvalue weighted by atomic mass is 32.1. The van der Waals surface area contributed by atoms with Gasteiger partial charge in [-0.15, -0.1) is 0 Å². The minimum atomic E-state index is -1.01. The molecule has 1 aliphatic heterocycles. The van der Waals surface area contributed by atoms with E-state index in [-0.39, 0.29) is 11.6 Å². The van der Waals surface area contributed by atoms with E-state index in [1.807, 2.05) is 59.5 Å². The number of carboxylic acid groups (broad SMARTS) is 1. The highest BCUT2D eigenvalue weighted by molar-refractivity contribution is 7.22. The number of carbonyl (C=O) groups is 2. The molecule has 4 aromatic rings. The topological polar surface area (TPSA) is 95.4 Å². The van der Waals surface area contributed by atoms with Crippen molar-refractivity contribution in [1.82, 2.24) is 9.97 Å². The van der Waals surface area contributed by atoms with E-state index in [9.17, 15) is 14.7 Å². The average Bonchev–Trinajstić information content (AvgIpc) is 3.28. The van der Waals surface area contributed by atoms with Gasteiger partial charge in [0.15, 0.2) is 10.8 Å². The van der Waals surface area contributed by atoms with Crippen molar-refractivity contribution >= 4 is 44.4 Å². The monoisotopic (exact) mass is 486 g/mol. The third-order valence-electron chi connectivity index (χ3n) is 6.32. The molecule has 0 aliphatic carbocycles. The Labute approximate surface area is 207 Å². The summed E-state index contributed by atoms with van der Waals surface area (Å²) in [5.74, 6) is -0.585. The minimum absolute atomic E-state index is 0.114. The van der Waals surface area contributed by atoms with Gasteiger partial charge in [-0.2, -0.15) is 0 Å². The number of hydrogen-bond acceptors (Lipinski definition) is 6. The molecule has 8 heteroatoms. The first-order chi connectivity index (χ1) is 17.0. The van der Waals surface area contributed by atoms with Gasteiger partial charge in [0.1, 0.15) is 5.82 Å². The molecule has 1 aliphatic rings. The van der Waals surface area contributed by atoms with Crippen LogP contribution in [0.15, 0.2) is 54.6 Å². The molecule has 0 saturated heterocycles. The second-order valence-corrected chi connectivity index (χ2v) is 9.67. The fourth-order valence-electron chi connectivity index (χ4n) is 4.49. The number of amides is 1. The molecule has 5 rings (SSSR count). The van der Waals surface area contributed by atoms with Crippen LogP contribution in [0.5, 0.6) is 0 Å². The van der Waals surface area contributed by atoms with Crippen LogP contribution >= 0.6 is 11.3 Å². The predicted octanol–water partition coefficient (Wildman–Crippen LogP) is 5.55. The molecule has 2 aromatic carbocycles. The summed E-state index contributed by atoms with van der Waals surface area (Å²) in [4.78, 5) is 36.2. The lowest BCUT2D eigenvalue weighted by molar-refractivity contribution is 0.0689. The standard InChI is InChI=1S/C27H26N4O3S/c1-2-3-7-18-12-13-23(29-24(18)26(33)34)31-15-14-17-8-6-9-19(20(17)16-31)25(32)30-27-28-21-10-4-5-11-22(21)35-27/h4-6,8-13H,2-3,7,14-16H2,1H3,(H,33,34)(H,28,30,32). The lowest BCUT2D eigenvalue weighted by Gasteiger charge is -2.31. The van der Waals surface area contributed by atoms with Crippen LogP contribution in [0.3, 0.4) is 0 Å². The van der Waals surface area contributed by atoms with Crippen molar-refractivity contribution in [2.75, 3.05) is 16.8 Å². The van der Waals surface area contributed by atoms with Crippen molar-refractivity contribution in [3.05, 3.63) is 82.5 Å². The first-order valence-corrected chi connectivity index (χ1v) is 12.6. The smallest absolute Gasteiger partial charge is 0.354 e. The number of aryl methyl sites for hydroxylation is 1. The van der Waals surface area contributed by atoms with Crippen LogP contribution in [0, 0.1) is 0 Å². The number of thiazole rings is 1. The fraction of sp³-hybridized carbons (Fsp3) is 0.259. The Balaban J connectivity index is 1.40. The predicted molar refractivity (Wildman–Crippen MR) is 139 cm³/mol. The van der Waals surface area contributed by atoms with Crippen molar-refractivity contribution in [2.24, 2.45) is 0 Å². The third-order valence-corrected chi connectivity index (χ3v) is 7.27. The summed E-state index contributed by atoms with van der Waals surface area (Å²) in [5, 5.41) is 13.2. The number of carboxylic acids is 1. The number of unbranched alkanes of at least 4 members (excludes halogenated alkanes) is 1. The molecule has 1 amide bonds. The summed E-state index contributed by atoms with van der Waals surface area (Å²) in [7, 11) is 0. The molecule has 3 heterocycles. The summed E-state index contributed by atoms with van der Waals surface area (Å²) in [6.45, 7) is 3.27. The number of nitrogens with one attached hydrogen (secondary N) is 1. The van der Waals surface area contributed by atoms with Crippen molar-refractivity contribution in [3.63, 3.8) is 0 Å². The maximum Gasteiger partial charge on any atom is 0.354 e. The third kappa shape index (κ3) is 4.74. The van der Waals surface area contributed by atoms with E-state index in [2.05, 4.69) is 22.2 Å². The highest BCUT2D eigenvalue weighted by Crippen LogP contribution is 2.29. The van der Waals surface area contributed by atoms with Gasteiger partial charge in [0, 0.05) is 18.7 Å². The van der Waals surface area contributed by atoms with Gasteiger partial charge >= 0.3 is 5.97 Å². The van der Waals surface area contributed by atoms with E-state index in [1.54, 1.807) is 0 Å². The van der Waals surface area contributed by atoms with Crippen molar-refractivity contribution in [3.8, 4) is 0 Å². The second kappa shape index (κ2) is 9.84. The molecule has 0 atom stereocenters. The molecule has 0 radical (unpaired) electrons. The van der Waals surface area contributed by atoms with Gasteiger partial charge in [0.2, 0.25) is 0 Å². The van der Waals surface area contributed by atoms with Gasteiger partial charge in [0.05, 0.1) is 10.2 Å². The van der Waals surface area contributed by atoms with E-state index in [4.69, 9.17) is 0 Å². The number of carbonyl (C=O) groups excluding carboxylic acids is 1. The molecule has 0 bridgehead atoms. The van der Waals surface area contributed by atoms with E-state index in [1.165, 1.54) is 11.3 Å². The number of anilines is 2. The number of aromatic nitrogens is 2. The number of benzene rings is 2. The lowest BCUT2D eigenvalue weighted by atomic mass is 9.94. The van der Waals surface area contributed by atoms with Gasteiger partial charge in [0.25, 0.3) is 5.91 Å². The van der Waals surface area contributed by atoms with Crippen molar-refractivity contribution < 1.29 is 14.7 Å². The molecule has 0 spiro atoms. The number of para-hydroxylation sites is 1. The van der Waals surface area contributed by atoms with E-state index in [0.717, 1.165) is 46.2 Å². The van der Waals surface area contributed by atoms with Crippen LogP contribution in [0.1, 0.15) is 57.3 Å². The molecule has 35 heavy (non-hydrogen) atoms. The maximum absolute atomic E-state index is 13.2. The zero-order valence-corrected chi connectivity index (χ0v) is 20.3. The number of fused-ring (bicyclic) bond motifs is 2. The van der Waals surface area contributed by atoms with Crippen molar-refractivity contribution in [1.29, 1.82) is 0 Å². The molecular weight excluding hydrogens is 460 g/mol. The van der Waals surface area contributed by atoms with Crippen LogP contribution in [-0.2, 0) is 19.4 Å². The lowest BCUT2D eigenvalue weighted by Crippen LogP contribution is -2.33. The van der Waals surface area contributed by atoms with Crippen LogP contribution in [0.4, 0.5) is 10.9 Å². The molecule has 0 unspecified atom stereocenters. The number of hydrogen-bond donors (Lipinski definition) is 2. The normalized spacial score (nSPS) is 13.0. The van der Waals surface area contributed by atoms with Gasteiger partial charge in [-0.1, -0.05) is 55.0 Å².